The summed E-state index contributed by atoms with van der Waals surface area (Å²) in [6, 6.07) is 13.9. The molecule has 0 unspecified atom stereocenters. The van der Waals surface area contributed by atoms with Gasteiger partial charge in [0.25, 0.3) is 0 Å². The molecule has 1 N–H and O–H groups in total. The normalized spacial score (nSPS) is 10.8. The molecule has 110 valence electrons. The number of aromatic amines is 1. The van der Waals surface area contributed by atoms with E-state index in [0.29, 0.717) is 11.3 Å². The summed E-state index contributed by atoms with van der Waals surface area (Å²) in [5.41, 5.74) is 5.16. The van der Waals surface area contributed by atoms with Crippen LogP contribution in [0.3, 0.4) is 0 Å². The number of nitrogens with one attached hydrogen (secondary N) is 1. The van der Waals surface area contributed by atoms with E-state index in [1.54, 1.807) is 24.7 Å². The second kappa shape index (κ2) is 5.11. The fourth-order valence-corrected chi connectivity index (χ4v) is 2.78. The lowest BCUT2D eigenvalue weighted by atomic mass is 10.1. The van der Waals surface area contributed by atoms with Crippen molar-refractivity contribution in [1.82, 2.24) is 19.5 Å². The summed E-state index contributed by atoms with van der Waals surface area (Å²) in [5.74, 6) is 0. The van der Waals surface area contributed by atoms with Crippen molar-refractivity contribution in [2.24, 2.45) is 7.05 Å². The SMILES string of the molecule is Cn1cnc(-c2cc(C#N)ccn2)c1-c1ccc2cc[nH]c2c1. The topological polar surface area (TPSA) is 70.3 Å². The van der Waals surface area contributed by atoms with Gasteiger partial charge in [0.05, 0.1) is 29.3 Å². The average Bonchev–Trinajstić information content (AvgIpc) is 3.20. The van der Waals surface area contributed by atoms with Crippen LogP contribution in [0.25, 0.3) is 33.5 Å². The number of fused-ring (bicyclic) bond motifs is 1. The molecule has 4 aromatic rings. The van der Waals surface area contributed by atoms with Crippen LogP contribution in [0.2, 0.25) is 0 Å². The minimum absolute atomic E-state index is 0.575. The Hall–Kier alpha value is -3.39. The molecule has 0 atom stereocenters. The first-order valence-corrected chi connectivity index (χ1v) is 7.21. The molecule has 5 heteroatoms. The Morgan fingerprint density at radius 3 is 2.91 bits per heavy atom. The van der Waals surface area contributed by atoms with Gasteiger partial charge in [-0.25, -0.2) is 4.98 Å². The first-order valence-electron chi connectivity index (χ1n) is 7.21. The van der Waals surface area contributed by atoms with Gasteiger partial charge in [-0.3, -0.25) is 4.98 Å². The molecule has 0 spiro atoms. The third-order valence-corrected chi connectivity index (χ3v) is 3.90. The van der Waals surface area contributed by atoms with Gasteiger partial charge in [-0.05, 0) is 29.7 Å². The van der Waals surface area contributed by atoms with E-state index in [-0.39, 0.29) is 0 Å². The predicted molar refractivity (Wildman–Crippen MR) is 88.4 cm³/mol. The highest BCUT2D eigenvalue weighted by molar-refractivity contribution is 5.87. The van der Waals surface area contributed by atoms with Crippen LogP contribution >= 0.6 is 0 Å². The van der Waals surface area contributed by atoms with Crippen molar-refractivity contribution in [2.75, 3.05) is 0 Å². The average molecular weight is 299 g/mol. The Kier molecular flexibility index (Phi) is 2.95. The number of pyridine rings is 1. The summed E-state index contributed by atoms with van der Waals surface area (Å²) in [7, 11) is 1.96. The minimum Gasteiger partial charge on any atom is -0.361 e. The number of rotatable bonds is 2. The van der Waals surface area contributed by atoms with Gasteiger partial charge in [-0.15, -0.1) is 0 Å². The molecule has 0 saturated carbocycles. The molecule has 3 heterocycles. The zero-order chi connectivity index (χ0) is 15.8. The van der Waals surface area contributed by atoms with Gasteiger partial charge in [0, 0.05) is 30.5 Å². The molecule has 0 saturated heterocycles. The van der Waals surface area contributed by atoms with Crippen LogP contribution < -0.4 is 0 Å². The van der Waals surface area contributed by atoms with Crippen LogP contribution in [0, 0.1) is 11.3 Å². The van der Waals surface area contributed by atoms with E-state index in [1.807, 2.05) is 23.9 Å². The number of aromatic nitrogens is 4. The van der Waals surface area contributed by atoms with E-state index in [2.05, 4.69) is 39.2 Å². The summed E-state index contributed by atoms with van der Waals surface area (Å²) in [6.07, 6.45) is 5.33. The number of imidazole rings is 1. The maximum Gasteiger partial charge on any atom is 0.115 e. The number of aryl methyl sites for hydroxylation is 1. The van der Waals surface area contributed by atoms with Crippen molar-refractivity contribution < 1.29 is 0 Å². The Morgan fingerprint density at radius 1 is 1.13 bits per heavy atom. The van der Waals surface area contributed by atoms with E-state index >= 15 is 0 Å². The molecular weight excluding hydrogens is 286 g/mol. The Bertz CT molecular complexity index is 1050. The molecule has 0 radical (unpaired) electrons. The molecule has 0 aliphatic rings. The van der Waals surface area contributed by atoms with Crippen LogP contribution in [0.5, 0.6) is 0 Å². The Labute approximate surface area is 132 Å². The van der Waals surface area contributed by atoms with Gasteiger partial charge >= 0.3 is 0 Å². The number of H-pyrrole nitrogens is 1. The summed E-state index contributed by atoms with van der Waals surface area (Å²) < 4.78 is 1.97. The number of benzene rings is 1. The lowest BCUT2D eigenvalue weighted by Gasteiger charge is -2.07. The minimum atomic E-state index is 0.575. The maximum absolute atomic E-state index is 9.09. The standard InChI is InChI=1S/C18H13N5/c1-23-11-22-17(16-8-12(10-19)4-6-21-16)18(23)14-3-2-13-5-7-20-15(13)9-14/h2-9,11,20H,1H3. The highest BCUT2D eigenvalue weighted by atomic mass is 15.0. The third kappa shape index (κ3) is 2.17. The van der Waals surface area contributed by atoms with Gasteiger partial charge in [-0.1, -0.05) is 12.1 Å². The van der Waals surface area contributed by atoms with E-state index in [0.717, 1.165) is 22.5 Å². The molecule has 0 bridgehead atoms. The van der Waals surface area contributed by atoms with Crippen LogP contribution in [-0.2, 0) is 7.05 Å². The maximum atomic E-state index is 9.09. The van der Waals surface area contributed by atoms with Crippen molar-refractivity contribution >= 4 is 10.9 Å². The summed E-state index contributed by atoms with van der Waals surface area (Å²) in [6.45, 7) is 0. The number of nitrogens with zero attached hydrogens (tertiary/aromatic N) is 4. The lowest BCUT2D eigenvalue weighted by Crippen LogP contribution is -1.93. The van der Waals surface area contributed by atoms with Crippen molar-refractivity contribution in [1.29, 1.82) is 5.26 Å². The van der Waals surface area contributed by atoms with Crippen molar-refractivity contribution in [3.63, 3.8) is 0 Å². The zero-order valence-electron chi connectivity index (χ0n) is 12.5. The van der Waals surface area contributed by atoms with Gasteiger partial charge < -0.3 is 9.55 Å². The van der Waals surface area contributed by atoms with Gasteiger partial charge in [0.2, 0.25) is 0 Å². The monoisotopic (exact) mass is 299 g/mol. The van der Waals surface area contributed by atoms with E-state index in [4.69, 9.17) is 5.26 Å². The highest BCUT2D eigenvalue weighted by Gasteiger charge is 2.15. The van der Waals surface area contributed by atoms with E-state index in [9.17, 15) is 0 Å². The summed E-state index contributed by atoms with van der Waals surface area (Å²) in [5, 5.41) is 10.3. The fraction of sp³-hybridized carbons (Fsp3) is 0.0556. The zero-order valence-corrected chi connectivity index (χ0v) is 12.5. The van der Waals surface area contributed by atoms with Crippen molar-refractivity contribution in [2.45, 2.75) is 0 Å². The molecule has 1 aromatic carbocycles. The van der Waals surface area contributed by atoms with E-state index in [1.165, 1.54) is 5.39 Å². The lowest BCUT2D eigenvalue weighted by molar-refractivity contribution is 0.921. The second-order valence-electron chi connectivity index (χ2n) is 5.37. The molecule has 0 aliphatic carbocycles. The number of hydrogen-bond acceptors (Lipinski definition) is 3. The van der Waals surface area contributed by atoms with Gasteiger partial charge in [0.15, 0.2) is 0 Å². The van der Waals surface area contributed by atoms with Gasteiger partial charge in [0.1, 0.15) is 5.69 Å². The summed E-state index contributed by atoms with van der Waals surface area (Å²) in [4.78, 5) is 12.1. The van der Waals surface area contributed by atoms with E-state index < -0.39 is 0 Å². The van der Waals surface area contributed by atoms with Gasteiger partial charge in [-0.2, -0.15) is 5.26 Å². The molecule has 0 fully saturated rings. The second-order valence-corrected chi connectivity index (χ2v) is 5.37. The number of nitriles is 1. The van der Waals surface area contributed by atoms with Crippen LogP contribution in [0.1, 0.15) is 5.56 Å². The molecule has 5 nitrogen and oxygen atoms in total. The Morgan fingerprint density at radius 2 is 2.04 bits per heavy atom. The van der Waals surface area contributed by atoms with Crippen molar-refractivity contribution in [3.8, 4) is 28.7 Å². The van der Waals surface area contributed by atoms with Crippen LogP contribution in [-0.4, -0.2) is 19.5 Å². The smallest absolute Gasteiger partial charge is 0.115 e. The number of hydrogen-bond donors (Lipinski definition) is 1. The highest BCUT2D eigenvalue weighted by Crippen LogP contribution is 2.31. The third-order valence-electron chi connectivity index (χ3n) is 3.90. The molecular formula is C18H13N5. The molecule has 23 heavy (non-hydrogen) atoms. The molecule has 0 aliphatic heterocycles. The molecule has 3 aromatic heterocycles. The van der Waals surface area contributed by atoms with Crippen LogP contribution in [0.15, 0.2) is 55.1 Å². The molecule has 4 rings (SSSR count). The predicted octanol–water partition coefficient (Wildman–Crippen LogP) is 3.50. The summed E-state index contributed by atoms with van der Waals surface area (Å²) >= 11 is 0. The first kappa shape index (κ1) is 13.3. The quantitative estimate of drug-likeness (QED) is 0.616. The molecule has 0 amide bonds. The van der Waals surface area contributed by atoms with Crippen LogP contribution in [0.4, 0.5) is 0 Å². The fourth-order valence-electron chi connectivity index (χ4n) is 2.78. The Balaban J connectivity index is 1.92. The largest absolute Gasteiger partial charge is 0.361 e. The van der Waals surface area contributed by atoms with Crippen molar-refractivity contribution in [3.05, 3.63) is 60.7 Å². The first-order chi connectivity index (χ1) is 11.3.